The highest BCUT2D eigenvalue weighted by Crippen LogP contribution is 2.33. The molecule has 0 atom stereocenters. The Kier molecular flexibility index (Phi) is 2.87. The number of rotatable bonds is 1. The first kappa shape index (κ1) is 12.4. The molecule has 0 aliphatic carbocycles. The number of hydrogen-bond donors (Lipinski definition) is 0. The Bertz CT molecular complexity index is 945. The third kappa shape index (κ3) is 2.07. The first-order valence-corrected chi connectivity index (χ1v) is 7.24. The van der Waals surface area contributed by atoms with Gasteiger partial charge in [0, 0.05) is 21.4 Å². The number of pyridine rings is 1. The minimum absolute atomic E-state index is 0.712. The minimum Gasteiger partial charge on any atom is -0.247 e. The summed E-state index contributed by atoms with van der Waals surface area (Å²) in [4.78, 5) is 4.85. The van der Waals surface area contributed by atoms with Crippen LogP contribution in [0.25, 0.3) is 32.9 Å². The third-order valence-corrected chi connectivity index (χ3v) is 3.95. The lowest BCUT2D eigenvalue weighted by atomic mass is 10.0. The van der Waals surface area contributed by atoms with Gasteiger partial charge in [-0.05, 0) is 17.5 Å². The zero-order valence-corrected chi connectivity index (χ0v) is 12.0. The molecule has 0 aliphatic rings. The minimum atomic E-state index is 0.712. The predicted molar refractivity (Wildman–Crippen MR) is 89.7 cm³/mol. The van der Waals surface area contributed by atoms with Crippen molar-refractivity contribution in [3.8, 4) is 11.3 Å². The average molecular weight is 290 g/mol. The van der Waals surface area contributed by atoms with Crippen molar-refractivity contribution in [2.45, 2.75) is 0 Å². The van der Waals surface area contributed by atoms with Gasteiger partial charge in [0.05, 0.1) is 11.2 Å². The van der Waals surface area contributed by atoms with Gasteiger partial charge in [-0.2, -0.15) is 0 Å². The van der Waals surface area contributed by atoms with E-state index in [1.165, 1.54) is 10.8 Å². The summed E-state index contributed by atoms with van der Waals surface area (Å²) in [7, 11) is 0. The van der Waals surface area contributed by atoms with Gasteiger partial charge in [0.25, 0.3) is 0 Å². The standard InChI is InChI=1S/C19H12ClN/c20-14-10-11-16-15-8-4-5-9-17(15)19(21-18(16)12-14)13-6-2-1-3-7-13/h1-12H. The van der Waals surface area contributed by atoms with Gasteiger partial charge in [0.15, 0.2) is 0 Å². The number of benzene rings is 3. The maximum Gasteiger partial charge on any atom is 0.0788 e. The van der Waals surface area contributed by atoms with Gasteiger partial charge in [0.1, 0.15) is 0 Å². The Balaban J connectivity index is 2.18. The molecule has 3 aromatic carbocycles. The fourth-order valence-corrected chi connectivity index (χ4v) is 2.91. The quantitative estimate of drug-likeness (QED) is 0.409. The van der Waals surface area contributed by atoms with Crippen LogP contribution in [-0.2, 0) is 0 Å². The average Bonchev–Trinajstić information content (AvgIpc) is 2.54. The SMILES string of the molecule is Clc1ccc2c(c1)nc(-c1ccccc1)c1ccccc12. The van der Waals surface area contributed by atoms with Gasteiger partial charge in [-0.1, -0.05) is 72.3 Å². The maximum atomic E-state index is 6.13. The number of nitrogens with zero attached hydrogens (tertiary/aromatic N) is 1. The second-order valence-corrected chi connectivity index (χ2v) is 5.47. The Morgan fingerprint density at radius 1 is 0.667 bits per heavy atom. The Morgan fingerprint density at radius 2 is 1.38 bits per heavy atom. The Morgan fingerprint density at radius 3 is 2.19 bits per heavy atom. The van der Waals surface area contributed by atoms with Crippen molar-refractivity contribution < 1.29 is 0 Å². The lowest BCUT2D eigenvalue weighted by Crippen LogP contribution is -1.89. The van der Waals surface area contributed by atoms with E-state index in [-0.39, 0.29) is 0 Å². The van der Waals surface area contributed by atoms with Gasteiger partial charge in [-0.15, -0.1) is 0 Å². The molecule has 21 heavy (non-hydrogen) atoms. The van der Waals surface area contributed by atoms with E-state index in [2.05, 4.69) is 36.4 Å². The van der Waals surface area contributed by atoms with Crippen LogP contribution in [0.15, 0.2) is 72.8 Å². The summed E-state index contributed by atoms with van der Waals surface area (Å²) >= 11 is 6.13. The second kappa shape index (κ2) is 4.87. The molecule has 0 bridgehead atoms. The number of halogens is 1. The van der Waals surface area contributed by atoms with Crippen LogP contribution in [0.2, 0.25) is 5.02 Å². The molecule has 0 N–H and O–H groups in total. The van der Waals surface area contributed by atoms with Crippen LogP contribution in [0, 0.1) is 0 Å². The summed E-state index contributed by atoms with van der Waals surface area (Å²) < 4.78 is 0. The molecular formula is C19H12ClN. The van der Waals surface area contributed by atoms with Crippen molar-refractivity contribution in [1.82, 2.24) is 4.98 Å². The Labute approximate surface area is 127 Å². The molecule has 100 valence electrons. The summed E-state index contributed by atoms with van der Waals surface area (Å²) in [6.07, 6.45) is 0. The number of fused-ring (bicyclic) bond motifs is 3. The summed E-state index contributed by atoms with van der Waals surface area (Å²) in [5.41, 5.74) is 3.05. The van der Waals surface area contributed by atoms with Crippen LogP contribution in [0.4, 0.5) is 0 Å². The second-order valence-electron chi connectivity index (χ2n) is 5.03. The van der Waals surface area contributed by atoms with Crippen LogP contribution >= 0.6 is 11.6 Å². The van der Waals surface area contributed by atoms with Crippen LogP contribution in [0.3, 0.4) is 0 Å². The lowest BCUT2D eigenvalue weighted by Gasteiger charge is -2.10. The predicted octanol–water partition coefficient (Wildman–Crippen LogP) is 5.71. The third-order valence-electron chi connectivity index (χ3n) is 3.71. The molecule has 1 nitrogen and oxygen atoms in total. The number of hydrogen-bond acceptors (Lipinski definition) is 1. The molecule has 2 heteroatoms. The molecule has 0 saturated heterocycles. The molecular weight excluding hydrogens is 278 g/mol. The van der Waals surface area contributed by atoms with Crippen LogP contribution in [-0.4, -0.2) is 4.98 Å². The van der Waals surface area contributed by atoms with Crippen LogP contribution in [0.5, 0.6) is 0 Å². The molecule has 4 rings (SSSR count). The summed E-state index contributed by atoms with van der Waals surface area (Å²) in [6, 6.07) is 24.5. The number of aromatic nitrogens is 1. The lowest BCUT2D eigenvalue weighted by molar-refractivity contribution is 1.43. The largest absolute Gasteiger partial charge is 0.247 e. The monoisotopic (exact) mass is 289 g/mol. The van der Waals surface area contributed by atoms with Crippen molar-refractivity contribution in [2.24, 2.45) is 0 Å². The molecule has 0 aliphatic heterocycles. The van der Waals surface area contributed by atoms with E-state index in [0.717, 1.165) is 22.2 Å². The molecule has 0 amide bonds. The molecule has 1 aromatic heterocycles. The zero-order valence-electron chi connectivity index (χ0n) is 11.3. The molecule has 0 spiro atoms. The smallest absolute Gasteiger partial charge is 0.0788 e. The van der Waals surface area contributed by atoms with E-state index in [4.69, 9.17) is 16.6 Å². The molecule has 1 heterocycles. The topological polar surface area (TPSA) is 12.9 Å². The first-order valence-electron chi connectivity index (χ1n) is 6.86. The van der Waals surface area contributed by atoms with E-state index >= 15 is 0 Å². The van der Waals surface area contributed by atoms with Gasteiger partial charge >= 0.3 is 0 Å². The van der Waals surface area contributed by atoms with E-state index < -0.39 is 0 Å². The normalized spacial score (nSPS) is 11.1. The highest BCUT2D eigenvalue weighted by Gasteiger charge is 2.09. The van der Waals surface area contributed by atoms with Crippen molar-refractivity contribution in [1.29, 1.82) is 0 Å². The van der Waals surface area contributed by atoms with Crippen molar-refractivity contribution >= 4 is 33.3 Å². The molecule has 4 aromatic rings. The van der Waals surface area contributed by atoms with Gasteiger partial charge in [-0.25, -0.2) is 4.98 Å². The van der Waals surface area contributed by atoms with Crippen molar-refractivity contribution in [3.05, 3.63) is 77.8 Å². The van der Waals surface area contributed by atoms with Gasteiger partial charge in [0.2, 0.25) is 0 Å². The van der Waals surface area contributed by atoms with Gasteiger partial charge in [-0.3, -0.25) is 0 Å². The fraction of sp³-hybridized carbons (Fsp3) is 0. The fourth-order valence-electron chi connectivity index (χ4n) is 2.75. The molecule has 0 fully saturated rings. The Hall–Kier alpha value is -2.38. The summed E-state index contributed by atoms with van der Waals surface area (Å²) in [5, 5.41) is 4.22. The van der Waals surface area contributed by atoms with E-state index in [0.29, 0.717) is 5.02 Å². The molecule has 0 saturated carbocycles. The first-order chi connectivity index (χ1) is 10.3. The van der Waals surface area contributed by atoms with E-state index in [1.54, 1.807) is 0 Å². The highest BCUT2D eigenvalue weighted by molar-refractivity contribution is 6.31. The van der Waals surface area contributed by atoms with Crippen LogP contribution < -0.4 is 0 Å². The summed E-state index contributed by atoms with van der Waals surface area (Å²) in [5.74, 6) is 0. The highest BCUT2D eigenvalue weighted by atomic mass is 35.5. The van der Waals surface area contributed by atoms with Crippen molar-refractivity contribution in [3.63, 3.8) is 0 Å². The van der Waals surface area contributed by atoms with Crippen LogP contribution in [0.1, 0.15) is 0 Å². The summed E-state index contributed by atoms with van der Waals surface area (Å²) in [6.45, 7) is 0. The zero-order chi connectivity index (χ0) is 14.2. The molecule has 0 radical (unpaired) electrons. The van der Waals surface area contributed by atoms with Crippen molar-refractivity contribution in [2.75, 3.05) is 0 Å². The van der Waals surface area contributed by atoms with Gasteiger partial charge < -0.3 is 0 Å². The van der Waals surface area contributed by atoms with E-state index in [9.17, 15) is 0 Å². The van der Waals surface area contributed by atoms with E-state index in [1.807, 2.05) is 36.4 Å². The maximum absolute atomic E-state index is 6.13. The molecule has 0 unspecified atom stereocenters.